The molecule has 0 aromatic heterocycles. The van der Waals surface area contributed by atoms with Crippen molar-refractivity contribution in [3.63, 3.8) is 0 Å². The molecule has 42 valence electrons. The van der Waals surface area contributed by atoms with Gasteiger partial charge in [0.15, 0.2) is 0 Å². The number of hydrogen-bond acceptors (Lipinski definition) is 2. The number of rotatable bonds is 1. The highest BCUT2D eigenvalue weighted by Crippen LogP contribution is 2.14. The van der Waals surface area contributed by atoms with Gasteiger partial charge in [-0.05, 0) is 20.0 Å². The lowest BCUT2D eigenvalue weighted by atomic mass is 10.1. The van der Waals surface area contributed by atoms with E-state index in [1.54, 1.807) is 0 Å². The zero-order valence-electron chi connectivity index (χ0n) is 4.59. The van der Waals surface area contributed by atoms with Crippen LogP contribution in [0.2, 0.25) is 0 Å². The highest BCUT2D eigenvalue weighted by molar-refractivity contribution is 7.80. The first-order chi connectivity index (χ1) is 3.34. The van der Waals surface area contributed by atoms with Crippen molar-refractivity contribution in [1.82, 2.24) is 4.90 Å². The van der Waals surface area contributed by atoms with Crippen molar-refractivity contribution in [1.29, 1.82) is 0 Å². The third-order valence-electron chi connectivity index (χ3n) is 1.65. The molecule has 0 amide bonds. The minimum Gasteiger partial charge on any atom is -0.302 e. The summed E-state index contributed by atoms with van der Waals surface area (Å²) in [4.78, 5) is 2.33. The summed E-state index contributed by atoms with van der Waals surface area (Å²) in [5.41, 5.74) is 0. The zero-order valence-corrected chi connectivity index (χ0v) is 5.49. The van der Waals surface area contributed by atoms with Gasteiger partial charge in [0.05, 0.1) is 0 Å². The quantitative estimate of drug-likeness (QED) is 0.493. The predicted molar refractivity (Wildman–Crippen MR) is 34.9 cm³/mol. The van der Waals surface area contributed by atoms with Gasteiger partial charge in [-0.1, -0.05) is 0 Å². The van der Waals surface area contributed by atoms with E-state index in [4.69, 9.17) is 0 Å². The zero-order chi connectivity index (χ0) is 5.28. The Hall–Kier alpha value is 0.310. The van der Waals surface area contributed by atoms with Crippen LogP contribution in [-0.4, -0.2) is 30.3 Å². The molecule has 1 aliphatic heterocycles. The van der Waals surface area contributed by atoms with E-state index in [9.17, 15) is 0 Å². The maximum atomic E-state index is 4.16. The molecule has 7 heavy (non-hydrogen) atoms. The van der Waals surface area contributed by atoms with Crippen molar-refractivity contribution in [2.45, 2.75) is 12.5 Å². The van der Waals surface area contributed by atoms with Crippen LogP contribution in [0.3, 0.4) is 0 Å². The maximum absolute atomic E-state index is 4.16. The van der Waals surface area contributed by atoms with E-state index in [0.29, 0.717) is 0 Å². The lowest BCUT2D eigenvalue weighted by Gasteiger charge is -2.36. The molecule has 0 N–H and O–H groups in total. The van der Waals surface area contributed by atoms with Crippen molar-refractivity contribution in [3.05, 3.63) is 0 Å². The first-order valence-electron chi connectivity index (χ1n) is 2.65. The Kier molecular flexibility index (Phi) is 1.60. The summed E-state index contributed by atoms with van der Waals surface area (Å²) in [6.45, 7) is 1.27. The van der Waals surface area contributed by atoms with Crippen LogP contribution < -0.4 is 0 Å². The molecule has 1 fully saturated rings. The summed E-state index contributed by atoms with van der Waals surface area (Å²) in [6, 6.07) is 0.781. The molecule has 0 saturated carbocycles. The van der Waals surface area contributed by atoms with E-state index in [-0.39, 0.29) is 0 Å². The van der Waals surface area contributed by atoms with E-state index in [2.05, 4.69) is 24.6 Å². The third kappa shape index (κ3) is 0.916. The van der Waals surface area contributed by atoms with Gasteiger partial charge in [-0.15, -0.1) is 0 Å². The Bertz CT molecular complexity index is 63.1. The smallest absolute Gasteiger partial charge is 0.0193 e. The number of nitrogens with zero attached hydrogens (tertiary/aromatic N) is 1. The molecule has 0 aromatic rings. The average molecular weight is 117 g/mol. The van der Waals surface area contributed by atoms with E-state index >= 15 is 0 Å². The van der Waals surface area contributed by atoms with Crippen LogP contribution in [0.1, 0.15) is 6.42 Å². The Labute approximate surface area is 50.1 Å². The summed E-state index contributed by atoms with van der Waals surface area (Å²) < 4.78 is 0. The van der Waals surface area contributed by atoms with E-state index in [1.807, 2.05) is 0 Å². The van der Waals surface area contributed by atoms with E-state index in [0.717, 1.165) is 11.8 Å². The lowest BCUT2D eigenvalue weighted by molar-refractivity contribution is 0.147. The minimum atomic E-state index is 0.781. The van der Waals surface area contributed by atoms with Crippen LogP contribution in [0.25, 0.3) is 0 Å². The third-order valence-corrected chi connectivity index (χ3v) is 2.07. The molecule has 1 unspecified atom stereocenters. The summed E-state index contributed by atoms with van der Waals surface area (Å²) in [5.74, 6) is 1.02. The second-order valence-electron chi connectivity index (χ2n) is 2.11. The molecule has 0 bridgehead atoms. The maximum Gasteiger partial charge on any atom is 0.0193 e. The molecular formula is C5H11NS. The van der Waals surface area contributed by atoms with Gasteiger partial charge < -0.3 is 4.90 Å². The Morgan fingerprint density at radius 1 is 1.86 bits per heavy atom. The topological polar surface area (TPSA) is 3.24 Å². The second kappa shape index (κ2) is 2.05. The van der Waals surface area contributed by atoms with Gasteiger partial charge in [0.2, 0.25) is 0 Å². The van der Waals surface area contributed by atoms with Crippen molar-refractivity contribution >= 4 is 12.6 Å². The molecule has 0 spiro atoms. The number of hydrogen-bond donors (Lipinski definition) is 1. The van der Waals surface area contributed by atoms with Crippen molar-refractivity contribution in [2.24, 2.45) is 0 Å². The number of thiol groups is 1. The molecule has 1 atom stereocenters. The van der Waals surface area contributed by atoms with Gasteiger partial charge in [-0.25, -0.2) is 0 Å². The highest BCUT2D eigenvalue weighted by Gasteiger charge is 2.21. The lowest BCUT2D eigenvalue weighted by Crippen LogP contribution is -2.45. The highest BCUT2D eigenvalue weighted by atomic mass is 32.1. The van der Waals surface area contributed by atoms with Crippen LogP contribution in [0.15, 0.2) is 0 Å². The molecule has 1 heterocycles. The largest absolute Gasteiger partial charge is 0.302 e. The summed E-state index contributed by atoms with van der Waals surface area (Å²) >= 11 is 4.16. The Morgan fingerprint density at radius 3 is 2.57 bits per heavy atom. The monoisotopic (exact) mass is 117 g/mol. The van der Waals surface area contributed by atoms with Gasteiger partial charge in [0, 0.05) is 11.8 Å². The SMILES string of the molecule is CN1CCC1CS. The van der Waals surface area contributed by atoms with Crippen LogP contribution >= 0.6 is 12.6 Å². The first-order valence-corrected chi connectivity index (χ1v) is 3.29. The van der Waals surface area contributed by atoms with Crippen LogP contribution in [0, 0.1) is 0 Å². The van der Waals surface area contributed by atoms with Crippen LogP contribution in [0.4, 0.5) is 0 Å². The van der Waals surface area contributed by atoms with E-state index < -0.39 is 0 Å². The van der Waals surface area contributed by atoms with Crippen molar-refractivity contribution < 1.29 is 0 Å². The van der Waals surface area contributed by atoms with Gasteiger partial charge in [0.25, 0.3) is 0 Å². The number of likely N-dealkylation sites (tertiary alicyclic amines) is 1. The summed E-state index contributed by atoms with van der Waals surface area (Å²) in [6.07, 6.45) is 1.35. The molecule has 0 radical (unpaired) electrons. The Balaban J connectivity index is 2.16. The summed E-state index contributed by atoms with van der Waals surface area (Å²) in [5, 5.41) is 0. The molecular weight excluding hydrogens is 106 g/mol. The van der Waals surface area contributed by atoms with Gasteiger partial charge in [0.1, 0.15) is 0 Å². The van der Waals surface area contributed by atoms with Crippen LogP contribution in [0.5, 0.6) is 0 Å². The molecule has 1 rings (SSSR count). The minimum absolute atomic E-state index is 0.781. The molecule has 2 heteroatoms. The van der Waals surface area contributed by atoms with Gasteiger partial charge in [-0.3, -0.25) is 0 Å². The summed E-state index contributed by atoms with van der Waals surface area (Å²) in [7, 11) is 2.14. The molecule has 1 aliphatic rings. The first kappa shape index (κ1) is 5.45. The van der Waals surface area contributed by atoms with Gasteiger partial charge >= 0.3 is 0 Å². The van der Waals surface area contributed by atoms with E-state index in [1.165, 1.54) is 13.0 Å². The molecule has 1 nitrogen and oxygen atoms in total. The fourth-order valence-corrected chi connectivity index (χ4v) is 1.26. The normalized spacial score (nSPS) is 32.6. The van der Waals surface area contributed by atoms with Crippen LogP contribution in [-0.2, 0) is 0 Å². The standard InChI is InChI=1S/C5H11NS/c1-6-3-2-5(6)4-7/h5,7H,2-4H2,1H3. The Morgan fingerprint density at radius 2 is 2.57 bits per heavy atom. The second-order valence-corrected chi connectivity index (χ2v) is 2.47. The van der Waals surface area contributed by atoms with Crippen molar-refractivity contribution in [2.75, 3.05) is 19.3 Å². The molecule has 0 aliphatic carbocycles. The molecule has 0 aromatic carbocycles. The fraction of sp³-hybridized carbons (Fsp3) is 1.00. The van der Waals surface area contributed by atoms with Crippen molar-refractivity contribution in [3.8, 4) is 0 Å². The van der Waals surface area contributed by atoms with Gasteiger partial charge in [-0.2, -0.15) is 12.6 Å². The predicted octanol–water partition coefficient (Wildman–Crippen LogP) is 0.620. The fourth-order valence-electron chi connectivity index (χ4n) is 0.801. The average Bonchev–Trinajstić information content (AvgIpc) is 1.65. The molecule has 1 saturated heterocycles.